The zero-order chi connectivity index (χ0) is 14.3. The number of nitrogens with two attached hydrogens (primary N) is 1. The summed E-state index contributed by atoms with van der Waals surface area (Å²) >= 11 is 0. The van der Waals surface area contributed by atoms with Crippen molar-refractivity contribution >= 4 is 5.82 Å². The van der Waals surface area contributed by atoms with E-state index in [0.29, 0.717) is 13.2 Å². The summed E-state index contributed by atoms with van der Waals surface area (Å²) in [5, 5.41) is 8.69. The van der Waals surface area contributed by atoms with E-state index in [1.807, 2.05) is 14.0 Å². The third-order valence-electron chi connectivity index (χ3n) is 3.28. The Bertz CT molecular complexity index is 395. The molecule has 0 saturated carbocycles. The Morgan fingerprint density at radius 2 is 1.84 bits per heavy atom. The number of aromatic nitrogens is 2. The van der Waals surface area contributed by atoms with Crippen molar-refractivity contribution in [3.05, 3.63) is 16.8 Å². The topological polar surface area (TPSA) is 64.3 Å². The van der Waals surface area contributed by atoms with Crippen LogP contribution in [0.3, 0.4) is 0 Å². The molecular weight excluding hydrogens is 240 g/mol. The van der Waals surface area contributed by atoms with Gasteiger partial charge < -0.3 is 15.4 Å². The standard InChI is InChI=1S/C14H26N4O/c1-5-11-12(10-15)14(17-16-13(11)6-2)18(4)8-9-19-7-3/h5-10,15H2,1-4H3. The van der Waals surface area contributed by atoms with E-state index >= 15 is 0 Å². The first kappa shape index (κ1) is 15.9. The smallest absolute Gasteiger partial charge is 0.155 e. The van der Waals surface area contributed by atoms with E-state index in [1.54, 1.807) is 0 Å². The van der Waals surface area contributed by atoms with Gasteiger partial charge in [0.05, 0.1) is 12.3 Å². The van der Waals surface area contributed by atoms with Crippen molar-refractivity contribution in [2.75, 3.05) is 31.7 Å². The fourth-order valence-corrected chi connectivity index (χ4v) is 2.21. The molecule has 0 saturated heterocycles. The van der Waals surface area contributed by atoms with Gasteiger partial charge in [-0.15, -0.1) is 5.10 Å². The number of nitrogens with zero attached hydrogens (tertiary/aromatic N) is 3. The molecule has 0 spiro atoms. The summed E-state index contributed by atoms with van der Waals surface area (Å²) in [7, 11) is 2.01. The third kappa shape index (κ3) is 3.88. The minimum Gasteiger partial charge on any atom is -0.380 e. The molecule has 2 N–H and O–H groups in total. The van der Waals surface area contributed by atoms with E-state index in [2.05, 4.69) is 28.9 Å². The van der Waals surface area contributed by atoms with E-state index in [4.69, 9.17) is 10.5 Å². The lowest BCUT2D eigenvalue weighted by Crippen LogP contribution is -2.27. The Morgan fingerprint density at radius 3 is 2.37 bits per heavy atom. The van der Waals surface area contributed by atoms with Crippen LogP contribution in [0.1, 0.15) is 37.6 Å². The molecule has 1 rings (SSSR count). The van der Waals surface area contributed by atoms with Gasteiger partial charge >= 0.3 is 0 Å². The molecule has 1 heterocycles. The molecule has 0 amide bonds. The second-order valence-corrected chi connectivity index (χ2v) is 4.46. The van der Waals surface area contributed by atoms with Crippen LogP contribution in [-0.2, 0) is 24.1 Å². The van der Waals surface area contributed by atoms with E-state index in [-0.39, 0.29) is 0 Å². The van der Waals surface area contributed by atoms with Crippen LogP contribution in [0.2, 0.25) is 0 Å². The summed E-state index contributed by atoms with van der Waals surface area (Å²) in [6, 6.07) is 0. The molecule has 0 aromatic carbocycles. The Morgan fingerprint density at radius 1 is 1.11 bits per heavy atom. The van der Waals surface area contributed by atoms with Crippen LogP contribution < -0.4 is 10.6 Å². The quantitative estimate of drug-likeness (QED) is 0.723. The molecule has 19 heavy (non-hydrogen) atoms. The van der Waals surface area contributed by atoms with E-state index in [0.717, 1.165) is 43.1 Å². The lowest BCUT2D eigenvalue weighted by Gasteiger charge is -2.22. The number of anilines is 1. The molecule has 1 aromatic rings. The molecule has 0 aliphatic rings. The summed E-state index contributed by atoms with van der Waals surface area (Å²) in [5.74, 6) is 0.885. The van der Waals surface area contributed by atoms with Crippen molar-refractivity contribution in [1.29, 1.82) is 0 Å². The van der Waals surface area contributed by atoms with Gasteiger partial charge in [-0.05, 0) is 25.3 Å². The predicted molar refractivity (Wildman–Crippen MR) is 78.4 cm³/mol. The third-order valence-corrected chi connectivity index (χ3v) is 3.28. The summed E-state index contributed by atoms with van der Waals surface area (Å²) < 4.78 is 5.38. The molecule has 5 nitrogen and oxygen atoms in total. The number of likely N-dealkylation sites (N-methyl/N-ethyl adjacent to an activating group) is 1. The average molecular weight is 266 g/mol. The van der Waals surface area contributed by atoms with Crippen molar-refractivity contribution in [3.8, 4) is 0 Å². The number of hydrogen-bond donors (Lipinski definition) is 1. The van der Waals surface area contributed by atoms with Crippen molar-refractivity contribution in [3.63, 3.8) is 0 Å². The minimum absolute atomic E-state index is 0.500. The van der Waals surface area contributed by atoms with Crippen molar-refractivity contribution < 1.29 is 4.74 Å². The summed E-state index contributed by atoms with van der Waals surface area (Å²) in [4.78, 5) is 2.07. The van der Waals surface area contributed by atoms with Crippen LogP contribution in [0.4, 0.5) is 5.82 Å². The number of rotatable bonds is 8. The normalized spacial score (nSPS) is 10.8. The highest BCUT2D eigenvalue weighted by Gasteiger charge is 2.15. The van der Waals surface area contributed by atoms with Gasteiger partial charge in [-0.3, -0.25) is 0 Å². The van der Waals surface area contributed by atoms with Crippen LogP contribution in [0.25, 0.3) is 0 Å². The monoisotopic (exact) mass is 266 g/mol. The highest BCUT2D eigenvalue weighted by atomic mass is 16.5. The summed E-state index contributed by atoms with van der Waals surface area (Å²) in [5.41, 5.74) is 9.34. The lowest BCUT2D eigenvalue weighted by molar-refractivity contribution is 0.154. The summed E-state index contributed by atoms with van der Waals surface area (Å²) in [6.07, 6.45) is 1.84. The van der Waals surface area contributed by atoms with E-state index < -0.39 is 0 Å². The predicted octanol–water partition coefficient (Wildman–Crippen LogP) is 1.53. The minimum atomic E-state index is 0.500. The van der Waals surface area contributed by atoms with E-state index in [1.165, 1.54) is 5.56 Å². The second kappa shape index (κ2) is 8.07. The van der Waals surface area contributed by atoms with Gasteiger partial charge in [0.25, 0.3) is 0 Å². The first-order chi connectivity index (χ1) is 9.19. The van der Waals surface area contributed by atoms with E-state index in [9.17, 15) is 0 Å². The van der Waals surface area contributed by atoms with Gasteiger partial charge in [0.2, 0.25) is 0 Å². The molecule has 5 heteroatoms. The van der Waals surface area contributed by atoms with Crippen LogP contribution in [-0.4, -0.2) is 37.0 Å². The van der Waals surface area contributed by atoms with Crippen LogP contribution >= 0.6 is 0 Å². The molecule has 0 radical (unpaired) electrons. The Hall–Kier alpha value is -1.20. The van der Waals surface area contributed by atoms with Crippen molar-refractivity contribution in [1.82, 2.24) is 10.2 Å². The Labute approximate surface area is 116 Å². The number of ether oxygens (including phenoxy) is 1. The lowest BCUT2D eigenvalue weighted by atomic mass is 10.0. The van der Waals surface area contributed by atoms with Gasteiger partial charge in [0.15, 0.2) is 5.82 Å². The highest BCUT2D eigenvalue weighted by molar-refractivity contribution is 5.50. The van der Waals surface area contributed by atoms with Crippen LogP contribution in [0, 0.1) is 0 Å². The Balaban J connectivity index is 2.99. The molecule has 0 bridgehead atoms. The van der Waals surface area contributed by atoms with Crippen LogP contribution in [0.15, 0.2) is 0 Å². The molecule has 0 fully saturated rings. The molecule has 108 valence electrons. The summed E-state index contributed by atoms with van der Waals surface area (Å²) in [6.45, 7) is 8.95. The maximum absolute atomic E-state index is 5.92. The van der Waals surface area contributed by atoms with Gasteiger partial charge in [0.1, 0.15) is 0 Å². The van der Waals surface area contributed by atoms with Gasteiger partial charge in [-0.2, -0.15) is 5.10 Å². The molecule has 0 atom stereocenters. The van der Waals surface area contributed by atoms with Gasteiger partial charge in [0, 0.05) is 32.3 Å². The molecule has 1 aromatic heterocycles. The number of hydrogen-bond acceptors (Lipinski definition) is 5. The SMILES string of the molecule is CCOCCN(C)c1nnc(CC)c(CC)c1CN. The first-order valence-corrected chi connectivity index (χ1v) is 7.05. The fraction of sp³-hybridized carbons (Fsp3) is 0.714. The molecule has 0 aliphatic carbocycles. The zero-order valence-electron chi connectivity index (χ0n) is 12.6. The van der Waals surface area contributed by atoms with Crippen molar-refractivity contribution in [2.45, 2.75) is 40.2 Å². The Kier molecular flexibility index (Phi) is 6.73. The molecular formula is C14H26N4O. The number of aryl methyl sites for hydroxylation is 1. The van der Waals surface area contributed by atoms with Gasteiger partial charge in [-0.1, -0.05) is 13.8 Å². The average Bonchev–Trinajstić information content (AvgIpc) is 2.45. The second-order valence-electron chi connectivity index (χ2n) is 4.46. The largest absolute Gasteiger partial charge is 0.380 e. The van der Waals surface area contributed by atoms with Crippen molar-refractivity contribution in [2.24, 2.45) is 5.73 Å². The fourth-order valence-electron chi connectivity index (χ4n) is 2.21. The highest BCUT2D eigenvalue weighted by Crippen LogP contribution is 2.22. The molecule has 0 unspecified atom stereocenters. The first-order valence-electron chi connectivity index (χ1n) is 7.05. The maximum Gasteiger partial charge on any atom is 0.155 e. The van der Waals surface area contributed by atoms with Crippen LogP contribution in [0.5, 0.6) is 0 Å². The van der Waals surface area contributed by atoms with Gasteiger partial charge in [-0.25, -0.2) is 0 Å². The maximum atomic E-state index is 5.92. The zero-order valence-corrected chi connectivity index (χ0v) is 12.6. The molecule has 0 aliphatic heterocycles.